The molecule has 2 saturated heterocycles. The number of carbonyl (C=O) groups is 1. The zero-order chi connectivity index (χ0) is 22.8. The van der Waals surface area contributed by atoms with Crippen LogP contribution in [0.15, 0.2) is 12.7 Å². The summed E-state index contributed by atoms with van der Waals surface area (Å²) in [4.78, 5) is 25.1. The van der Waals surface area contributed by atoms with Crippen LogP contribution in [-0.4, -0.2) is 86.0 Å². The molecule has 4 heterocycles. The van der Waals surface area contributed by atoms with Crippen molar-refractivity contribution in [1.82, 2.24) is 24.8 Å². The lowest BCUT2D eigenvalue weighted by Crippen LogP contribution is -2.39. The number of nitrogens with zero attached hydrogens (tertiary/aromatic N) is 4. The van der Waals surface area contributed by atoms with Crippen LogP contribution in [0.5, 0.6) is 0 Å². The van der Waals surface area contributed by atoms with E-state index in [2.05, 4.69) is 25.6 Å². The zero-order valence-electron chi connectivity index (χ0n) is 18.3. The van der Waals surface area contributed by atoms with Crippen LogP contribution in [-0.2, 0) is 14.2 Å². The number of aliphatic hydroxyl groups excluding tert-OH is 2. The highest BCUT2D eigenvalue weighted by molar-refractivity contribution is 5.82. The number of nitrogens with one attached hydrogen (secondary N) is 2. The number of alkyl carbamates (subject to hydrolysis) is 1. The Kier molecular flexibility index (Phi) is 6.58. The van der Waals surface area contributed by atoms with Gasteiger partial charge in [0, 0.05) is 12.6 Å². The van der Waals surface area contributed by atoms with Crippen molar-refractivity contribution < 1.29 is 29.2 Å². The van der Waals surface area contributed by atoms with Gasteiger partial charge in [-0.25, -0.2) is 19.7 Å². The molecule has 5 rings (SSSR count). The molecule has 2 aromatic heterocycles. The second-order valence-corrected chi connectivity index (χ2v) is 8.88. The third-order valence-corrected chi connectivity index (χ3v) is 6.55. The van der Waals surface area contributed by atoms with Gasteiger partial charge in [0.05, 0.1) is 19.0 Å². The molecule has 0 spiro atoms. The topological polar surface area (TPSA) is 153 Å². The number of aromatic nitrogens is 4. The average Bonchev–Trinajstić information content (AvgIpc) is 3.55. The highest BCUT2D eigenvalue weighted by Gasteiger charge is 2.45. The Balaban J connectivity index is 1.23. The number of carbonyl (C=O) groups excluding carboxylic acids is 1. The predicted molar refractivity (Wildman–Crippen MR) is 115 cm³/mol. The lowest BCUT2D eigenvalue weighted by molar-refractivity contribution is -0.0535. The minimum absolute atomic E-state index is 0.120. The molecule has 33 heavy (non-hydrogen) atoms. The zero-order valence-corrected chi connectivity index (χ0v) is 18.3. The molecule has 1 aliphatic carbocycles. The van der Waals surface area contributed by atoms with E-state index < -0.39 is 30.6 Å². The molecule has 1 amide bonds. The molecular formula is C21H30N6O6. The molecule has 3 aliphatic rings. The Morgan fingerprint density at radius 2 is 1.97 bits per heavy atom. The fraction of sp³-hybridized carbons (Fsp3) is 0.714. The lowest BCUT2D eigenvalue weighted by atomic mass is 9.96. The maximum atomic E-state index is 12.1. The molecular weight excluding hydrogens is 432 g/mol. The number of hydrogen-bond acceptors (Lipinski definition) is 10. The average molecular weight is 463 g/mol. The minimum atomic E-state index is -1.24. The number of aliphatic hydroxyl groups is 2. The van der Waals surface area contributed by atoms with Crippen molar-refractivity contribution in [3.05, 3.63) is 12.7 Å². The first-order valence-electron chi connectivity index (χ1n) is 11.6. The van der Waals surface area contributed by atoms with Gasteiger partial charge in [-0.1, -0.05) is 19.3 Å². The van der Waals surface area contributed by atoms with Crippen LogP contribution in [0, 0.1) is 0 Å². The first-order chi connectivity index (χ1) is 16.1. The minimum Gasteiger partial charge on any atom is -0.447 e. The van der Waals surface area contributed by atoms with Gasteiger partial charge in [-0.2, -0.15) is 0 Å². The number of amides is 1. The molecule has 1 saturated carbocycles. The molecule has 5 atom stereocenters. The van der Waals surface area contributed by atoms with Crippen molar-refractivity contribution >= 4 is 23.1 Å². The Morgan fingerprint density at radius 3 is 2.76 bits per heavy atom. The first-order valence-corrected chi connectivity index (χ1v) is 11.6. The van der Waals surface area contributed by atoms with Gasteiger partial charge in [0.1, 0.15) is 31.2 Å². The second-order valence-electron chi connectivity index (χ2n) is 8.88. The molecule has 2 aliphatic heterocycles. The quantitative estimate of drug-likeness (QED) is 0.483. The summed E-state index contributed by atoms with van der Waals surface area (Å²) >= 11 is 0. The van der Waals surface area contributed by atoms with Crippen molar-refractivity contribution in [2.75, 3.05) is 25.1 Å². The molecule has 0 aromatic carbocycles. The predicted octanol–water partition coefficient (Wildman–Crippen LogP) is 0.705. The fourth-order valence-electron chi connectivity index (χ4n) is 4.70. The summed E-state index contributed by atoms with van der Waals surface area (Å²) < 4.78 is 18.1. The van der Waals surface area contributed by atoms with E-state index in [-0.39, 0.29) is 18.7 Å². The number of rotatable bonds is 6. The van der Waals surface area contributed by atoms with Crippen LogP contribution in [0.4, 0.5) is 10.6 Å². The van der Waals surface area contributed by atoms with Crippen molar-refractivity contribution in [3.63, 3.8) is 0 Å². The number of ether oxygens (including phenoxy) is 3. The van der Waals surface area contributed by atoms with Crippen LogP contribution < -0.4 is 10.6 Å². The summed E-state index contributed by atoms with van der Waals surface area (Å²) in [6.45, 7) is 1.12. The molecule has 3 fully saturated rings. The fourth-order valence-corrected chi connectivity index (χ4v) is 4.70. The van der Waals surface area contributed by atoms with Crippen LogP contribution in [0.25, 0.3) is 11.2 Å². The Labute approximate surface area is 190 Å². The van der Waals surface area contributed by atoms with Crippen LogP contribution in [0.2, 0.25) is 0 Å². The van der Waals surface area contributed by atoms with Crippen LogP contribution >= 0.6 is 0 Å². The number of fused-ring (bicyclic) bond motifs is 1. The molecule has 0 radical (unpaired) electrons. The third kappa shape index (κ3) is 4.74. The number of imidazole rings is 1. The van der Waals surface area contributed by atoms with Crippen molar-refractivity contribution in [1.29, 1.82) is 0 Å². The molecule has 2 aromatic rings. The summed E-state index contributed by atoms with van der Waals surface area (Å²) in [5.41, 5.74) is 0.987. The molecule has 180 valence electrons. The third-order valence-electron chi connectivity index (χ3n) is 6.55. The van der Waals surface area contributed by atoms with E-state index in [1.165, 1.54) is 19.1 Å². The number of hydrogen-bond donors (Lipinski definition) is 4. The van der Waals surface area contributed by atoms with Gasteiger partial charge in [-0.15, -0.1) is 0 Å². The molecule has 4 N–H and O–H groups in total. The Morgan fingerprint density at radius 1 is 1.12 bits per heavy atom. The van der Waals surface area contributed by atoms with E-state index in [1.54, 1.807) is 4.57 Å². The van der Waals surface area contributed by atoms with E-state index in [4.69, 9.17) is 14.2 Å². The standard InChI is InChI=1S/C21H30N6O6/c28-16-14(9-32-21(30)26-12-4-2-1-3-5-12)33-20(17(16)29)27-11-24-15-18(22-10-23-19(15)27)25-13-6-7-31-8-13/h10-14,16-17,20,28-29H,1-9H2,(H,26,30)(H,22,23,25)/t13-,14-,16-,17-,20-/m1/s1. The Bertz CT molecular complexity index is 960. The number of anilines is 1. The first kappa shape index (κ1) is 22.3. The van der Waals surface area contributed by atoms with E-state index >= 15 is 0 Å². The lowest BCUT2D eigenvalue weighted by Gasteiger charge is -2.23. The van der Waals surface area contributed by atoms with Gasteiger partial charge in [0.25, 0.3) is 0 Å². The highest BCUT2D eigenvalue weighted by Crippen LogP contribution is 2.32. The van der Waals surface area contributed by atoms with Gasteiger partial charge < -0.3 is 35.1 Å². The van der Waals surface area contributed by atoms with Crippen molar-refractivity contribution in [2.45, 2.75) is 75.1 Å². The van der Waals surface area contributed by atoms with Crippen molar-refractivity contribution in [3.8, 4) is 0 Å². The summed E-state index contributed by atoms with van der Waals surface area (Å²) in [5.74, 6) is 0.571. The second kappa shape index (κ2) is 9.75. The van der Waals surface area contributed by atoms with Gasteiger partial charge >= 0.3 is 6.09 Å². The van der Waals surface area contributed by atoms with Gasteiger partial charge in [-0.05, 0) is 19.3 Å². The molecule has 0 bridgehead atoms. The smallest absolute Gasteiger partial charge is 0.407 e. The van der Waals surface area contributed by atoms with Crippen LogP contribution in [0.1, 0.15) is 44.8 Å². The molecule has 12 heteroatoms. The van der Waals surface area contributed by atoms with E-state index in [0.29, 0.717) is 30.2 Å². The normalized spacial score (nSPS) is 30.5. The summed E-state index contributed by atoms with van der Waals surface area (Å²) in [5, 5.41) is 27.3. The Hall–Kier alpha value is -2.54. The maximum Gasteiger partial charge on any atom is 0.407 e. The summed E-state index contributed by atoms with van der Waals surface area (Å²) in [7, 11) is 0. The molecule has 0 unspecified atom stereocenters. The van der Waals surface area contributed by atoms with E-state index in [0.717, 1.165) is 32.1 Å². The maximum absolute atomic E-state index is 12.1. The SMILES string of the molecule is O=C(NC1CCCCC1)OC[C@H]1O[C@@H](n2cnc3c(N[C@@H]4CCOC4)ncnc32)[C@H](O)[C@@H]1O. The largest absolute Gasteiger partial charge is 0.447 e. The van der Waals surface area contributed by atoms with E-state index in [9.17, 15) is 15.0 Å². The van der Waals surface area contributed by atoms with Gasteiger partial charge in [0.15, 0.2) is 23.2 Å². The van der Waals surface area contributed by atoms with Crippen molar-refractivity contribution in [2.24, 2.45) is 0 Å². The van der Waals surface area contributed by atoms with Crippen LogP contribution in [0.3, 0.4) is 0 Å². The van der Waals surface area contributed by atoms with Gasteiger partial charge in [0.2, 0.25) is 0 Å². The van der Waals surface area contributed by atoms with E-state index in [1.807, 2.05) is 0 Å². The summed E-state index contributed by atoms with van der Waals surface area (Å²) in [6, 6.07) is 0.263. The van der Waals surface area contributed by atoms with Gasteiger partial charge in [-0.3, -0.25) is 4.57 Å². The monoisotopic (exact) mass is 462 g/mol. The molecule has 12 nitrogen and oxygen atoms in total. The summed E-state index contributed by atoms with van der Waals surface area (Å²) in [6.07, 6.45) is 4.22. The highest BCUT2D eigenvalue weighted by atomic mass is 16.6.